The van der Waals surface area contributed by atoms with Crippen LogP contribution in [0.15, 0.2) is 30.3 Å². The molecule has 1 fully saturated rings. The summed E-state index contributed by atoms with van der Waals surface area (Å²) in [4.78, 5) is 12.2. The van der Waals surface area contributed by atoms with Gasteiger partial charge in [-0.1, -0.05) is 51.6 Å². The fraction of sp³-hybridized carbons (Fsp3) is 0.516. The van der Waals surface area contributed by atoms with E-state index in [4.69, 9.17) is 20.8 Å². The zero-order valence-corrected chi connectivity index (χ0v) is 25.7. The molecule has 0 saturated heterocycles. The van der Waals surface area contributed by atoms with E-state index in [1.165, 1.54) is 24.8 Å². The average Bonchev–Trinajstić information content (AvgIpc) is 3.21. The number of carboxylic acids is 1. The molecule has 5 nitrogen and oxygen atoms in total. The van der Waals surface area contributed by atoms with Gasteiger partial charge in [-0.15, -0.1) is 0 Å². The second-order valence-electron chi connectivity index (χ2n) is 12.2. The Labute approximate surface area is 233 Å². The molecule has 4 rings (SSSR count). The Bertz CT molecular complexity index is 1310. The van der Waals surface area contributed by atoms with Gasteiger partial charge in [0.2, 0.25) is 0 Å². The van der Waals surface area contributed by atoms with Gasteiger partial charge in [-0.2, -0.15) is 0 Å². The normalized spacial score (nSPS) is 15.3. The lowest BCUT2D eigenvalue weighted by atomic mass is 9.81. The molecule has 1 aliphatic carbocycles. The van der Waals surface area contributed by atoms with Gasteiger partial charge in [0.05, 0.1) is 35.5 Å². The minimum absolute atomic E-state index is 0.0997. The van der Waals surface area contributed by atoms with Crippen LogP contribution < -0.4 is 4.74 Å². The first-order valence-electron chi connectivity index (χ1n) is 13.7. The molecule has 1 aromatic heterocycles. The van der Waals surface area contributed by atoms with E-state index in [1.54, 1.807) is 13.2 Å². The third-order valence-electron chi connectivity index (χ3n) is 8.69. The topological polar surface area (TPSA) is 60.7 Å². The van der Waals surface area contributed by atoms with Crippen molar-refractivity contribution in [3.63, 3.8) is 0 Å². The molecule has 3 aromatic rings. The van der Waals surface area contributed by atoms with Crippen LogP contribution in [-0.4, -0.2) is 37.7 Å². The van der Waals surface area contributed by atoms with Crippen LogP contribution in [0.2, 0.25) is 23.2 Å². The molecule has 2 aromatic carbocycles. The summed E-state index contributed by atoms with van der Waals surface area (Å²) >= 11 is 6.96. The number of hydrogen-bond donors (Lipinski definition) is 1. The summed E-state index contributed by atoms with van der Waals surface area (Å²) in [6.45, 7) is 14.4. The van der Waals surface area contributed by atoms with E-state index in [-0.39, 0.29) is 10.6 Å². The number of hydrogen-bond acceptors (Lipinski definition) is 3. The number of aromatic carboxylic acids is 1. The van der Waals surface area contributed by atoms with Gasteiger partial charge in [-0.3, -0.25) is 0 Å². The van der Waals surface area contributed by atoms with Crippen molar-refractivity contribution in [1.29, 1.82) is 0 Å². The highest BCUT2D eigenvalue weighted by Crippen LogP contribution is 2.47. The smallest absolute Gasteiger partial charge is 0.337 e. The Morgan fingerprint density at radius 2 is 1.76 bits per heavy atom. The summed E-state index contributed by atoms with van der Waals surface area (Å²) in [5.41, 5.74) is 5.43. The molecule has 1 N–H and O–H groups in total. The third-order valence-corrected chi connectivity index (χ3v) is 13.6. The fourth-order valence-electron chi connectivity index (χ4n) is 5.58. The van der Waals surface area contributed by atoms with Crippen molar-refractivity contribution < 1.29 is 19.1 Å². The Kier molecular flexibility index (Phi) is 8.36. The Morgan fingerprint density at radius 1 is 1.13 bits per heavy atom. The molecule has 0 aliphatic heterocycles. The largest absolute Gasteiger partial charge is 0.497 e. The molecule has 0 bridgehead atoms. The number of aryl methyl sites for hydroxylation is 1. The van der Waals surface area contributed by atoms with Crippen LogP contribution in [0.25, 0.3) is 22.2 Å². The number of carboxylic acid groups (broad SMARTS) is 1. The highest BCUT2D eigenvalue weighted by molar-refractivity contribution is 6.74. The number of rotatable bonds is 8. The molecule has 0 unspecified atom stereocenters. The first-order chi connectivity index (χ1) is 17.9. The van der Waals surface area contributed by atoms with Crippen LogP contribution in [0, 0.1) is 6.92 Å². The number of methoxy groups -OCH3 is 1. The maximum Gasteiger partial charge on any atom is 0.337 e. The molecule has 7 heteroatoms. The first kappa shape index (κ1) is 28.7. The summed E-state index contributed by atoms with van der Waals surface area (Å²) in [5, 5.41) is 11.5. The molecular weight excluding hydrogens is 514 g/mol. The van der Waals surface area contributed by atoms with Gasteiger partial charge in [-0.25, -0.2) is 4.79 Å². The van der Waals surface area contributed by atoms with E-state index >= 15 is 0 Å². The number of ether oxygens (including phenoxy) is 1. The van der Waals surface area contributed by atoms with Crippen molar-refractivity contribution in [2.45, 2.75) is 90.4 Å². The second-order valence-corrected chi connectivity index (χ2v) is 17.4. The zero-order chi connectivity index (χ0) is 27.8. The number of halogens is 1. The van der Waals surface area contributed by atoms with Gasteiger partial charge in [0.15, 0.2) is 8.32 Å². The number of benzene rings is 2. The monoisotopic (exact) mass is 555 g/mol. The number of aromatic nitrogens is 1. The van der Waals surface area contributed by atoms with Crippen LogP contribution in [0.1, 0.15) is 80.3 Å². The lowest BCUT2D eigenvalue weighted by Gasteiger charge is -2.36. The summed E-state index contributed by atoms with van der Waals surface area (Å²) in [7, 11) is -0.296. The standard InChI is InChI=1S/C31H42ClNO4Si/c1-20-19-24(30(34)35)27(32)29-25(20)26(21-11-9-8-10-12-21)28(22-13-15-23(36-5)16-14-22)33(29)17-18-37-38(6,7)31(2,3)4/h13-16,19,21H,8-12,17-18H2,1-7H3,(H,34,35). The van der Waals surface area contributed by atoms with Crippen molar-refractivity contribution in [3.8, 4) is 17.0 Å². The summed E-state index contributed by atoms with van der Waals surface area (Å²) in [5.74, 6) is 0.200. The molecule has 0 amide bonds. The maximum absolute atomic E-state index is 12.2. The van der Waals surface area contributed by atoms with Gasteiger partial charge >= 0.3 is 5.97 Å². The molecule has 0 radical (unpaired) electrons. The Balaban J connectivity index is 1.99. The second kappa shape index (κ2) is 11.1. The summed E-state index contributed by atoms with van der Waals surface area (Å²) < 4.78 is 14.3. The highest BCUT2D eigenvalue weighted by Gasteiger charge is 2.37. The lowest BCUT2D eigenvalue weighted by Crippen LogP contribution is -2.41. The third kappa shape index (κ3) is 5.40. The molecule has 1 aliphatic rings. The van der Waals surface area contributed by atoms with Gasteiger partial charge in [-0.05, 0) is 90.8 Å². The molecule has 1 saturated carbocycles. The SMILES string of the molecule is COc1ccc(-c2c(C3CCCCC3)c3c(C)cc(C(=O)O)c(Cl)c3n2CCO[Si](C)(C)C(C)(C)C)cc1. The van der Waals surface area contributed by atoms with E-state index in [0.29, 0.717) is 24.1 Å². The quantitative estimate of drug-likeness (QED) is 0.281. The molecule has 38 heavy (non-hydrogen) atoms. The maximum atomic E-state index is 12.2. The van der Waals surface area contributed by atoms with Crippen LogP contribution in [0.5, 0.6) is 5.75 Å². The predicted molar refractivity (Wildman–Crippen MR) is 160 cm³/mol. The minimum Gasteiger partial charge on any atom is -0.497 e. The number of fused-ring (bicyclic) bond motifs is 1. The molecule has 0 atom stereocenters. The summed E-state index contributed by atoms with van der Waals surface area (Å²) in [6.07, 6.45) is 5.92. The average molecular weight is 556 g/mol. The van der Waals surface area contributed by atoms with Gasteiger partial charge < -0.3 is 18.8 Å². The molecular formula is C31H42ClNO4Si. The fourth-order valence-corrected chi connectivity index (χ4v) is 6.95. The van der Waals surface area contributed by atoms with Crippen molar-refractivity contribution in [3.05, 3.63) is 52.0 Å². The van der Waals surface area contributed by atoms with E-state index < -0.39 is 14.3 Å². The van der Waals surface area contributed by atoms with Crippen LogP contribution in [0.3, 0.4) is 0 Å². The zero-order valence-electron chi connectivity index (χ0n) is 23.9. The van der Waals surface area contributed by atoms with Crippen LogP contribution in [-0.2, 0) is 11.0 Å². The van der Waals surface area contributed by atoms with Crippen molar-refractivity contribution in [2.24, 2.45) is 0 Å². The van der Waals surface area contributed by atoms with E-state index in [9.17, 15) is 9.90 Å². The van der Waals surface area contributed by atoms with Crippen molar-refractivity contribution >= 4 is 36.8 Å². The number of carbonyl (C=O) groups is 1. The molecule has 0 spiro atoms. The van der Waals surface area contributed by atoms with Gasteiger partial charge in [0.25, 0.3) is 0 Å². The van der Waals surface area contributed by atoms with E-state index in [1.807, 2.05) is 19.1 Å². The molecule has 206 valence electrons. The van der Waals surface area contributed by atoms with E-state index in [0.717, 1.165) is 46.3 Å². The number of nitrogens with zero attached hydrogens (tertiary/aromatic N) is 1. The van der Waals surface area contributed by atoms with Gasteiger partial charge in [0.1, 0.15) is 5.75 Å². The minimum atomic E-state index is -1.97. The first-order valence-corrected chi connectivity index (χ1v) is 17.0. The van der Waals surface area contributed by atoms with Crippen LogP contribution >= 0.6 is 11.6 Å². The Hall–Kier alpha value is -2.28. The van der Waals surface area contributed by atoms with Crippen LogP contribution in [0.4, 0.5) is 0 Å². The summed E-state index contributed by atoms with van der Waals surface area (Å²) in [6, 6.07) is 9.93. The van der Waals surface area contributed by atoms with Gasteiger partial charge in [0, 0.05) is 11.9 Å². The highest BCUT2D eigenvalue weighted by atomic mass is 35.5. The van der Waals surface area contributed by atoms with E-state index in [2.05, 4.69) is 50.6 Å². The molecule has 1 heterocycles. The predicted octanol–water partition coefficient (Wildman–Crippen LogP) is 9.05. The lowest BCUT2D eigenvalue weighted by molar-refractivity contribution is 0.0697. The van der Waals surface area contributed by atoms with Crippen molar-refractivity contribution in [2.75, 3.05) is 13.7 Å². The van der Waals surface area contributed by atoms with Crippen molar-refractivity contribution in [1.82, 2.24) is 4.57 Å². The Morgan fingerprint density at radius 3 is 2.32 bits per heavy atom.